The van der Waals surface area contributed by atoms with Crippen molar-refractivity contribution in [1.29, 1.82) is 0 Å². The van der Waals surface area contributed by atoms with Crippen molar-refractivity contribution >= 4 is 23.4 Å². The first-order valence-electron chi connectivity index (χ1n) is 5.16. The minimum atomic E-state index is -0.823. The molecule has 1 aromatic carbocycles. The van der Waals surface area contributed by atoms with Crippen LogP contribution >= 0.6 is 11.6 Å². The average molecular weight is 257 g/mol. The van der Waals surface area contributed by atoms with Crippen molar-refractivity contribution in [2.24, 2.45) is 0 Å². The Hall–Kier alpha value is -1.55. The van der Waals surface area contributed by atoms with Crippen LogP contribution in [-0.4, -0.2) is 28.8 Å². The maximum Gasteiger partial charge on any atom is 0.338 e. The van der Waals surface area contributed by atoms with Gasteiger partial charge in [-0.25, -0.2) is 4.79 Å². The third kappa shape index (κ3) is 2.97. The van der Waals surface area contributed by atoms with Crippen molar-refractivity contribution in [3.8, 4) is 5.75 Å². The molecule has 0 amide bonds. The maximum absolute atomic E-state index is 11.8. The summed E-state index contributed by atoms with van der Waals surface area (Å²) in [6.07, 6.45) is 0. The summed E-state index contributed by atoms with van der Waals surface area (Å²) >= 11 is 5.68. The summed E-state index contributed by atoms with van der Waals surface area (Å²) in [5.74, 6) is -1.43. The second-order valence-corrected chi connectivity index (χ2v) is 4.06. The Morgan fingerprint density at radius 3 is 2.65 bits per heavy atom. The lowest BCUT2D eigenvalue weighted by molar-refractivity contribution is 0.0522. The fourth-order valence-electron chi connectivity index (χ4n) is 1.38. The van der Waals surface area contributed by atoms with Crippen molar-refractivity contribution < 1.29 is 19.4 Å². The molecule has 1 rings (SSSR count). The number of rotatable bonds is 4. The molecule has 0 aromatic heterocycles. The van der Waals surface area contributed by atoms with Gasteiger partial charge in [0.2, 0.25) is 0 Å². The molecule has 1 aromatic rings. The van der Waals surface area contributed by atoms with Gasteiger partial charge < -0.3 is 9.84 Å². The number of carbonyl (C=O) groups excluding carboxylic acids is 2. The highest BCUT2D eigenvalue weighted by Crippen LogP contribution is 2.24. The third-order valence-corrected chi connectivity index (χ3v) is 2.34. The second kappa shape index (κ2) is 5.68. The smallest absolute Gasteiger partial charge is 0.338 e. The van der Waals surface area contributed by atoms with Crippen molar-refractivity contribution in [1.82, 2.24) is 0 Å². The van der Waals surface area contributed by atoms with E-state index >= 15 is 0 Å². The van der Waals surface area contributed by atoms with Gasteiger partial charge in [0.15, 0.2) is 5.78 Å². The molecule has 0 aliphatic rings. The number of ether oxygens (including phenoxy) is 1. The topological polar surface area (TPSA) is 63.6 Å². The number of alkyl halides is 1. The Bertz CT molecular complexity index is 440. The Morgan fingerprint density at radius 2 is 2.12 bits per heavy atom. The van der Waals surface area contributed by atoms with Crippen LogP contribution in [0.5, 0.6) is 5.75 Å². The van der Waals surface area contributed by atoms with Crippen molar-refractivity contribution in [3.63, 3.8) is 0 Å². The summed E-state index contributed by atoms with van der Waals surface area (Å²) in [5.41, 5.74) is -0.0576. The molecule has 0 fully saturated rings. The lowest BCUT2D eigenvalue weighted by Gasteiger charge is -2.10. The largest absolute Gasteiger partial charge is 0.507 e. The summed E-state index contributed by atoms with van der Waals surface area (Å²) in [6, 6.07) is 4.22. The van der Waals surface area contributed by atoms with Gasteiger partial charge in [-0.15, -0.1) is 11.6 Å². The highest BCUT2D eigenvalue weighted by atomic mass is 35.5. The first-order valence-corrected chi connectivity index (χ1v) is 5.60. The Balaban J connectivity index is 3.26. The lowest BCUT2D eigenvalue weighted by atomic mass is 10.0. The molecule has 0 aliphatic carbocycles. The number of aromatic hydroxyl groups is 1. The van der Waals surface area contributed by atoms with Crippen LogP contribution in [0.15, 0.2) is 18.2 Å². The van der Waals surface area contributed by atoms with E-state index in [-0.39, 0.29) is 23.5 Å². The molecule has 0 aliphatic heterocycles. The van der Waals surface area contributed by atoms with E-state index in [1.54, 1.807) is 6.92 Å². The summed E-state index contributed by atoms with van der Waals surface area (Å²) in [4.78, 5) is 23.4. The number of halogens is 1. The Kier molecular flexibility index (Phi) is 4.52. The van der Waals surface area contributed by atoms with E-state index in [0.29, 0.717) is 0 Å². The number of carbonyl (C=O) groups is 2. The number of hydrogen-bond acceptors (Lipinski definition) is 4. The Labute approximate surface area is 104 Å². The molecule has 92 valence electrons. The zero-order valence-corrected chi connectivity index (χ0v) is 10.3. The normalized spacial score (nSPS) is 11.9. The molecule has 0 saturated heterocycles. The van der Waals surface area contributed by atoms with Crippen LogP contribution in [-0.2, 0) is 4.74 Å². The zero-order chi connectivity index (χ0) is 13.0. The van der Waals surface area contributed by atoms with E-state index in [4.69, 9.17) is 16.3 Å². The first kappa shape index (κ1) is 13.5. The number of esters is 1. The van der Waals surface area contributed by atoms with E-state index in [1.807, 2.05) is 0 Å². The molecule has 4 nitrogen and oxygen atoms in total. The van der Waals surface area contributed by atoms with Gasteiger partial charge in [-0.05, 0) is 26.0 Å². The van der Waals surface area contributed by atoms with Crippen LogP contribution in [0.2, 0.25) is 0 Å². The van der Waals surface area contributed by atoms with Crippen LogP contribution < -0.4 is 0 Å². The van der Waals surface area contributed by atoms with Gasteiger partial charge in [0.05, 0.1) is 23.1 Å². The minimum Gasteiger partial charge on any atom is -0.507 e. The minimum absolute atomic E-state index is 0.0318. The molecule has 0 bridgehead atoms. The highest BCUT2D eigenvalue weighted by molar-refractivity contribution is 6.34. The molecule has 17 heavy (non-hydrogen) atoms. The predicted octanol–water partition coefficient (Wildman–Crippen LogP) is 2.38. The molecular formula is C12H13ClO4. The average Bonchev–Trinajstić information content (AvgIpc) is 2.28. The van der Waals surface area contributed by atoms with Gasteiger partial charge in [-0.1, -0.05) is 6.07 Å². The number of hydrogen-bond donors (Lipinski definition) is 1. The van der Waals surface area contributed by atoms with E-state index < -0.39 is 17.1 Å². The number of phenols is 1. The fourth-order valence-corrected chi connectivity index (χ4v) is 1.49. The Morgan fingerprint density at radius 1 is 1.47 bits per heavy atom. The van der Waals surface area contributed by atoms with Crippen LogP contribution in [0.1, 0.15) is 34.6 Å². The second-order valence-electron chi connectivity index (χ2n) is 3.40. The van der Waals surface area contributed by atoms with E-state index in [2.05, 4.69) is 0 Å². The van der Waals surface area contributed by atoms with Gasteiger partial charge in [-0.3, -0.25) is 4.79 Å². The molecule has 0 heterocycles. The predicted molar refractivity (Wildman–Crippen MR) is 63.7 cm³/mol. The maximum atomic E-state index is 11.8. The molecule has 0 saturated carbocycles. The van der Waals surface area contributed by atoms with E-state index in [9.17, 15) is 14.7 Å². The summed E-state index contributed by atoms with van der Waals surface area (Å²) in [6.45, 7) is 3.33. The van der Waals surface area contributed by atoms with Crippen molar-refractivity contribution in [2.75, 3.05) is 6.61 Å². The van der Waals surface area contributed by atoms with Gasteiger partial charge >= 0.3 is 5.97 Å². The van der Waals surface area contributed by atoms with Gasteiger partial charge in [0, 0.05) is 0 Å². The summed E-state index contributed by atoms with van der Waals surface area (Å²) in [5, 5.41) is 8.82. The number of phenolic OH excluding ortho intramolecular Hbond substituents is 1. The SMILES string of the molecule is CCOC(=O)c1cccc(O)c1C(=O)C(C)Cl. The molecule has 1 unspecified atom stereocenters. The molecular weight excluding hydrogens is 244 g/mol. The molecule has 5 heteroatoms. The number of ketones is 1. The lowest BCUT2D eigenvalue weighted by Crippen LogP contribution is -2.17. The zero-order valence-electron chi connectivity index (χ0n) is 9.57. The van der Waals surface area contributed by atoms with E-state index in [0.717, 1.165) is 0 Å². The van der Waals surface area contributed by atoms with Crippen LogP contribution in [0.25, 0.3) is 0 Å². The van der Waals surface area contributed by atoms with Crippen LogP contribution in [0.4, 0.5) is 0 Å². The van der Waals surface area contributed by atoms with Gasteiger partial charge in [0.25, 0.3) is 0 Å². The number of Topliss-reactive ketones (excluding diaryl/α,β-unsaturated/α-hetero) is 1. The van der Waals surface area contributed by atoms with Crippen LogP contribution in [0.3, 0.4) is 0 Å². The standard InChI is InChI=1S/C12H13ClO4/c1-3-17-12(16)8-5-4-6-9(14)10(8)11(15)7(2)13/h4-7,14H,3H2,1-2H3. The van der Waals surface area contributed by atoms with Gasteiger partial charge in [0.1, 0.15) is 5.75 Å². The highest BCUT2D eigenvalue weighted by Gasteiger charge is 2.24. The quantitative estimate of drug-likeness (QED) is 0.510. The fraction of sp³-hybridized carbons (Fsp3) is 0.333. The molecule has 0 radical (unpaired) electrons. The summed E-state index contributed by atoms with van der Waals surface area (Å²) in [7, 11) is 0. The number of benzene rings is 1. The molecule has 1 N–H and O–H groups in total. The van der Waals surface area contributed by atoms with Gasteiger partial charge in [-0.2, -0.15) is 0 Å². The van der Waals surface area contributed by atoms with Crippen molar-refractivity contribution in [3.05, 3.63) is 29.3 Å². The third-order valence-electron chi connectivity index (χ3n) is 2.15. The molecule has 0 spiro atoms. The van der Waals surface area contributed by atoms with Crippen LogP contribution in [0, 0.1) is 0 Å². The first-order chi connectivity index (χ1) is 7.99. The van der Waals surface area contributed by atoms with E-state index in [1.165, 1.54) is 25.1 Å². The summed E-state index contributed by atoms with van der Waals surface area (Å²) < 4.78 is 4.81. The monoisotopic (exact) mass is 256 g/mol. The molecule has 1 atom stereocenters. The van der Waals surface area contributed by atoms with Crippen molar-refractivity contribution in [2.45, 2.75) is 19.2 Å².